The standard InChI is InChI=1S/C19H11IO2/c20-17-16-14-9-5-4-6-12(14)10-11-15(16)19(21)22-18(17)13-7-2-1-3-8-13/h1-11H. The summed E-state index contributed by atoms with van der Waals surface area (Å²) in [5.41, 5.74) is 0.624. The van der Waals surface area contributed by atoms with Crippen molar-refractivity contribution in [2.45, 2.75) is 0 Å². The van der Waals surface area contributed by atoms with Crippen LogP contribution in [0.2, 0.25) is 0 Å². The third kappa shape index (κ3) is 2.04. The summed E-state index contributed by atoms with van der Waals surface area (Å²) in [6, 6.07) is 21.7. The van der Waals surface area contributed by atoms with Gasteiger partial charge in [-0.05, 0) is 39.4 Å². The SMILES string of the molecule is O=c1oc(-c2ccccc2)c(I)c2c1ccc1ccccc12. The third-order valence-corrected chi connectivity index (χ3v) is 4.83. The van der Waals surface area contributed by atoms with E-state index in [9.17, 15) is 4.79 Å². The molecule has 0 atom stereocenters. The van der Waals surface area contributed by atoms with Crippen LogP contribution >= 0.6 is 22.6 Å². The minimum absolute atomic E-state index is 0.292. The van der Waals surface area contributed by atoms with Gasteiger partial charge in [0, 0.05) is 10.9 Å². The van der Waals surface area contributed by atoms with Gasteiger partial charge < -0.3 is 4.42 Å². The van der Waals surface area contributed by atoms with Crippen LogP contribution in [0.1, 0.15) is 0 Å². The van der Waals surface area contributed by atoms with Gasteiger partial charge in [0.25, 0.3) is 0 Å². The van der Waals surface area contributed by atoms with Gasteiger partial charge in [-0.2, -0.15) is 0 Å². The molecular formula is C19H11IO2. The third-order valence-electron chi connectivity index (χ3n) is 3.80. The molecule has 0 radical (unpaired) electrons. The molecule has 0 saturated heterocycles. The lowest BCUT2D eigenvalue weighted by Crippen LogP contribution is -2.03. The Hall–Kier alpha value is -2.14. The van der Waals surface area contributed by atoms with Gasteiger partial charge in [-0.15, -0.1) is 0 Å². The number of benzene rings is 3. The fourth-order valence-corrected chi connectivity index (χ4v) is 3.76. The smallest absolute Gasteiger partial charge is 0.344 e. The van der Waals surface area contributed by atoms with Crippen molar-refractivity contribution < 1.29 is 4.42 Å². The molecule has 0 aliphatic heterocycles. The maximum atomic E-state index is 12.4. The van der Waals surface area contributed by atoms with Gasteiger partial charge in [0.2, 0.25) is 0 Å². The van der Waals surface area contributed by atoms with Crippen molar-refractivity contribution in [2.24, 2.45) is 0 Å². The Balaban J connectivity index is 2.20. The Morgan fingerprint density at radius 3 is 2.32 bits per heavy atom. The molecule has 0 spiro atoms. The van der Waals surface area contributed by atoms with Crippen LogP contribution in [0.5, 0.6) is 0 Å². The molecule has 2 nitrogen and oxygen atoms in total. The van der Waals surface area contributed by atoms with Gasteiger partial charge in [0.05, 0.1) is 8.96 Å². The van der Waals surface area contributed by atoms with E-state index in [0.717, 1.165) is 25.3 Å². The van der Waals surface area contributed by atoms with Gasteiger partial charge in [-0.3, -0.25) is 0 Å². The number of fused-ring (bicyclic) bond motifs is 3. The summed E-state index contributed by atoms with van der Waals surface area (Å²) in [4.78, 5) is 12.4. The summed E-state index contributed by atoms with van der Waals surface area (Å²) in [6.07, 6.45) is 0. The Kier molecular flexibility index (Phi) is 3.22. The number of hydrogen-bond donors (Lipinski definition) is 0. The molecule has 0 aliphatic carbocycles. The van der Waals surface area contributed by atoms with Gasteiger partial charge >= 0.3 is 5.63 Å². The van der Waals surface area contributed by atoms with Crippen LogP contribution in [-0.4, -0.2) is 0 Å². The largest absolute Gasteiger partial charge is 0.421 e. The minimum Gasteiger partial charge on any atom is -0.421 e. The predicted molar refractivity (Wildman–Crippen MR) is 98.1 cm³/mol. The molecule has 4 aromatic rings. The predicted octanol–water partition coefficient (Wildman–Crippen LogP) is 5.22. The lowest BCUT2D eigenvalue weighted by atomic mass is 10.0. The van der Waals surface area contributed by atoms with Gasteiger partial charge in [0.15, 0.2) is 5.76 Å². The van der Waals surface area contributed by atoms with Gasteiger partial charge in [-0.1, -0.05) is 60.7 Å². The molecule has 3 aromatic carbocycles. The summed E-state index contributed by atoms with van der Waals surface area (Å²) in [5.74, 6) is 0.634. The lowest BCUT2D eigenvalue weighted by molar-refractivity contribution is 0.532. The van der Waals surface area contributed by atoms with E-state index < -0.39 is 0 Å². The summed E-state index contributed by atoms with van der Waals surface area (Å²) >= 11 is 2.27. The maximum Gasteiger partial charge on any atom is 0.344 e. The zero-order valence-corrected chi connectivity index (χ0v) is 13.7. The molecule has 22 heavy (non-hydrogen) atoms. The van der Waals surface area contributed by atoms with Crippen LogP contribution in [0.25, 0.3) is 32.9 Å². The van der Waals surface area contributed by atoms with E-state index in [1.54, 1.807) is 0 Å². The fraction of sp³-hybridized carbons (Fsp3) is 0. The highest BCUT2D eigenvalue weighted by molar-refractivity contribution is 14.1. The van der Waals surface area contributed by atoms with Crippen LogP contribution in [0.3, 0.4) is 0 Å². The monoisotopic (exact) mass is 398 g/mol. The highest BCUT2D eigenvalue weighted by atomic mass is 127. The van der Waals surface area contributed by atoms with Crippen molar-refractivity contribution in [1.82, 2.24) is 0 Å². The fourth-order valence-electron chi connectivity index (χ4n) is 2.76. The summed E-state index contributed by atoms with van der Waals surface area (Å²) in [6.45, 7) is 0. The van der Waals surface area contributed by atoms with Crippen LogP contribution in [0, 0.1) is 3.57 Å². The first-order chi connectivity index (χ1) is 10.8. The van der Waals surface area contributed by atoms with Crippen LogP contribution in [0.4, 0.5) is 0 Å². The van der Waals surface area contributed by atoms with Crippen molar-refractivity contribution in [3.63, 3.8) is 0 Å². The van der Waals surface area contributed by atoms with E-state index in [2.05, 4.69) is 28.7 Å². The number of rotatable bonds is 1. The zero-order chi connectivity index (χ0) is 15.1. The molecule has 0 fully saturated rings. The minimum atomic E-state index is -0.292. The van der Waals surface area contributed by atoms with Crippen molar-refractivity contribution in [2.75, 3.05) is 0 Å². The molecule has 0 saturated carbocycles. The Labute approximate surface area is 140 Å². The molecule has 4 rings (SSSR count). The Bertz CT molecular complexity index is 1050. The second-order valence-corrected chi connectivity index (χ2v) is 6.19. The Morgan fingerprint density at radius 2 is 1.50 bits per heavy atom. The highest BCUT2D eigenvalue weighted by Gasteiger charge is 2.15. The second kappa shape index (κ2) is 5.25. The first kappa shape index (κ1) is 13.5. The first-order valence-corrected chi connectivity index (χ1v) is 8.03. The van der Waals surface area contributed by atoms with Gasteiger partial charge in [0.1, 0.15) is 0 Å². The van der Waals surface area contributed by atoms with E-state index in [1.807, 2.05) is 60.7 Å². The first-order valence-electron chi connectivity index (χ1n) is 6.95. The molecule has 0 N–H and O–H groups in total. The molecule has 0 amide bonds. The molecule has 1 heterocycles. The molecule has 0 bridgehead atoms. The van der Waals surface area contributed by atoms with Crippen molar-refractivity contribution in [1.29, 1.82) is 0 Å². The van der Waals surface area contributed by atoms with Gasteiger partial charge in [-0.25, -0.2) is 4.79 Å². The van der Waals surface area contributed by atoms with Crippen LogP contribution in [-0.2, 0) is 0 Å². The highest BCUT2D eigenvalue weighted by Crippen LogP contribution is 2.33. The second-order valence-electron chi connectivity index (χ2n) is 5.11. The van der Waals surface area contributed by atoms with E-state index in [0.29, 0.717) is 11.1 Å². The molecular weight excluding hydrogens is 387 g/mol. The molecule has 3 heteroatoms. The van der Waals surface area contributed by atoms with Crippen molar-refractivity contribution in [3.05, 3.63) is 80.7 Å². The Morgan fingerprint density at radius 1 is 0.773 bits per heavy atom. The van der Waals surface area contributed by atoms with Crippen molar-refractivity contribution >= 4 is 44.1 Å². The van der Waals surface area contributed by atoms with E-state index in [4.69, 9.17) is 4.42 Å². The molecule has 106 valence electrons. The van der Waals surface area contributed by atoms with E-state index in [-0.39, 0.29) is 5.63 Å². The topological polar surface area (TPSA) is 30.2 Å². The average Bonchev–Trinajstić information content (AvgIpc) is 2.58. The quantitative estimate of drug-likeness (QED) is 0.325. The van der Waals surface area contributed by atoms with E-state index >= 15 is 0 Å². The lowest BCUT2D eigenvalue weighted by Gasteiger charge is -2.09. The average molecular weight is 398 g/mol. The van der Waals surface area contributed by atoms with Crippen LogP contribution < -0.4 is 5.63 Å². The number of halogens is 1. The molecule has 1 aromatic heterocycles. The number of hydrogen-bond acceptors (Lipinski definition) is 2. The van der Waals surface area contributed by atoms with E-state index in [1.165, 1.54) is 0 Å². The maximum absolute atomic E-state index is 12.4. The van der Waals surface area contributed by atoms with Crippen molar-refractivity contribution in [3.8, 4) is 11.3 Å². The summed E-state index contributed by atoms with van der Waals surface area (Å²) in [5, 5.41) is 3.79. The van der Waals surface area contributed by atoms with Crippen LogP contribution in [0.15, 0.2) is 75.9 Å². The zero-order valence-electron chi connectivity index (χ0n) is 11.5. The molecule has 0 aliphatic rings. The normalized spacial score (nSPS) is 11.1. The molecule has 0 unspecified atom stereocenters. The summed E-state index contributed by atoms with van der Waals surface area (Å²) in [7, 11) is 0. The summed E-state index contributed by atoms with van der Waals surface area (Å²) < 4.78 is 6.56.